The summed E-state index contributed by atoms with van der Waals surface area (Å²) >= 11 is 0. The predicted octanol–water partition coefficient (Wildman–Crippen LogP) is 3.76. The van der Waals surface area contributed by atoms with Gasteiger partial charge in [0, 0.05) is 12.1 Å². The Hall–Kier alpha value is -1.02. The molecule has 1 N–H and O–H groups in total. The topological polar surface area (TPSA) is 21.3 Å². The highest BCUT2D eigenvalue weighted by molar-refractivity contribution is 5.32. The highest BCUT2D eigenvalue weighted by Crippen LogP contribution is 2.22. The molecule has 0 unspecified atom stereocenters. The number of hydrogen-bond donors (Lipinski definition) is 1. The van der Waals surface area contributed by atoms with Gasteiger partial charge in [-0.1, -0.05) is 43.9 Å². The van der Waals surface area contributed by atoms with Gasteiger partial charge in [-0.05, 0) is 31.4 Å². The third kappa shape index (κ3) is 4.02. The van der Waals surface area contributed by atoms with Crippen LogP contribution in [-0.4, -0.2) is 13.7 Å². The number of para-hydroxylation sites is 1. The van der Waals surface area contributed by atoms with Crippen LogP contribution in [0.3, 0.4) is 0 Å². The third-order valence-corrected chi connectivity index (χ3v) is 3.92. The van der Waals surface area contributed by atoms with Crippen molar-refractivity contribution in [3.05, 3.63) is 29.8 Å². The first-order chi connectivity index (χ1) is 8.90. The second kappa shape index (κ2) is 7.42. The molecule has 1 aliphatic carbocycles. The van der Waals surface area contributed by atoms with E-state index in [1.165, 1.54) is 44.1 Å². The minimum Gasteiger partial charge on any atom is -0.496 e. The Balaban J connectivity index is 1.77. The van der Waals surface area contributed by atoms with E-state index >= 15 is 0 Å². The fourth-order valence-electron chi connectivity index (χ4n) is 2.83. The van der Waals surface area contributed by atoms with Crippen molar-refractivity contribution in [3.8, 4) is 5.75 Å². The third-order valence-electron chi connectivity index (χ3n) is 3.92. The SMILES string of the molecule is COc1ccccc1CNCC1CCCCCC1. The highest BCUT2D eigenvalue weighted by atomic mass is 16.5. The zero-order valence-electron chi connectivity index (χ0n) is 11.5. The monoisotopic (exact) mass is 247 g/mol. The summed E-state index contributed by atoms with van der Waals surface area (Å²) < 4.78 is 5.37. The minimum atomic E-state index is 0.877. The van der Waals surface area contributed by atoms with Gasteiger partial charge in [-0.15, -0.1) is 0 Å². The lowest BCUT2D eigenvalue weighted by atomic mass is 10.0. The molecule has 0 aromatic heterocycles. The van der Waals surface area contributed by atoms with E-state index in [2.05, 4.69) is 17.4 Å². The van der Waals surface area contributed by atoms with Crippen molar-refractivity contribution in [2.24, 2.45) is 5.92 Å². The first-order valence-corrected chi connectivity index (χ1v) is 7.23. The van der Waals surface area contributed by atoms with Crippen LogP contribution in [0.15, 0.2) is 24.3 Å². The van der Waals surface area contributed by atoms with Crippen LogP contribution >= 0.6 is 0 Å². The summed E-state index contributed by atoms with van der Waals surface area (Å²) in [6.45, 7) is 2.07. The number of hydrogen-bond acceptors (Lipinski definition) is 2. The molecule has 0 spiro atoms. The summed E-state index contributed by atoms with van der Waals surface area (Å²) in [6, 6.07) is 8.26. The van der Waals surface area contributed by atoms with E-state index in [1.807, 2.05) is 12.1 Å². The second-order valence-electron chi connectivity index (χ2n) is 5.30. The molecule has 1 aromatic rings. The Morgan fingerprint density at radius 1 is 1.11 bits per heavy atom. The molecule has 0 radical (unpaired) electrons. The number of nitrogens with one attached hydrogen (secondary N) is 1. The van der Waals surface area contributed by atoms with Crippen LogP contribution in [-0.2, 0) is 6.54 Å². The molecule has 1 aliphatic rings. The molecule has 2 rings (SSSR count). The molecule has 1 fully saturated rings. The molecule has 18 heavy (non-hydrogen) atoms. The quantitative estimate of drug-likeness (QED) is 0.800. The van der Waals surface area contributed by atoms with Gasteiger partial charge in [-0.2, -0.15) is 0 Å². The second-order valence-corrected chi connectivity index (χ2v) is 5.30. The van der Waals surface area contributed by atoms with Crippen LogP contribution in [0.4, 0.5) is 0 Å². The van der Waals surface area contributed by atoms with Gasteiger partial charge in [0.05, 0.1) is 7.11 Å². The molecule has 100 valence electrons. The standard InChI is InChI=1S/C16H25NO/c1-18-16-11-7-6-10-15(16)13-17-12-14-8-4-2-3-5-9-14/h6-7,10-11,14,17H,2-5,8-9,12-13H2,1H3. The lowest BCUT2D eigenvalue weighted by Gasteiger charge is -2.15. The summed E-state index contributed by atoms with van der Waals surface area (Å²) in [5.41, 5.74) is 1.26. The van der Waals surface area contributed by atoms with Crippen molar-refractivity contribution in [1.29, 1.82) is 0 Å². The molecule has 0 amide bonds. The summed E-state index contributed by atoms with van der Waals surface area (Å²) in [7, 11) is 1.74. The Labute approximate surface area is 111 Å². The van der Waals surface area contributed by atoms with Crippen LogP contribution in [0.5, 0.6) is 5.75 Å². The Bertz CT molecular complexity index is 343. The molecule has 2 nitrogen and oxygen atoms in total. The van der Waals surface area contributed by atoms with Gasteiger partial charge < -0.3 is 10.1 Å². The van der Waals surface area contributed by atoms with Crippen molar-refractivity contribution >= 4 is 0 Å². The first kappa shape index (κ1) is 13.4. The van der Waals surface area contributed by atoms with Crippen molar-refractivity contribution in [1.82, 2.24) is 5.32 Å². The van der Waals surface area contributed by atoms with Gasteiger partial charge in [0.2, 0.25) is 0 Å². The van der Waals surface area contributed by atoms with E-state index in [4.69, 9.17) is 4.74 Å². The minimum absolute atomic E-state index is 0.877. The molecule has 2 heteroatoms. The Morgan fingerprint density at radius 2 is 1.83 bits per heavy atom. The fraction of sp³-hybridized carbons (Fsp3) is 0.625. The van der Waals surface area contributed by atoms with Gasteiger partial charge in [0.15, 0.2) is 0 Å². The number of rotatable bonds is 5. The summed E-state index contributed by atoms with van der Waals surface area (Å²) in [6.07, 6.45) is 8.51. The van der Waals surface area contributed by atoms with Crippen molar-refractivity contribution in [3.63, 3.8) is 0 Å². The van der Waals surface area contributed by atoms with E-state index in [0.29, 0.717) is 0 Å². The van der Waals surface area contributed by atoms with E-state index in [9.17, 15) is 0 Å². The summed E-state index contributed by atoms with van der Waals surface area (Å²) in [4.78, 5) is 0. The van der Waals surface area contributed by atoms with Gasteiger partial charge in [0.1, 0.15) is 5.75 Å². The lowest BCUT2D eigenvalue weighted by molar-refractivity contribution is 0.399. The van der Waals surface area contributed by atoms with Gasteiger partial charge in [-0.3, -0.25) is 0 Å². The Morgan fingerprint density at radius 3 is 2.56 bits per heavy atom. The van der Waals surface area contributed by atoms with Gasteiger partial charge in [0.25, 0.3) is 0 Å². The summed E-state index contributed by atoms with van der Waals surface area (Å²) in [5, 5.41) is 3.59. The molecular formula is C16H25NO. The van der Waals surface area contributed by atoms with Gasteiger partial charge in [-0.25, -0.2) is 0 Å². The average Bonchev–Trinajstić information content (AvgIpc) is 2.68. The maximum absolute atomic E-state index is 5.37. The zero-order valence-corrected chi connectivity index (χ0v) is 11.5. The van der Waals surface area contributed by atoms with Gasteiger partial charge >= 0.3 is 0 Å². The largest absolute Gasteiger partial charge is 0.496 e. The number of benzene rings is 1. The van der Waals surface area contributed by atoms with Crippen LogP contribution in [0.25, 0.3) is 0 Å². The van der Waals surface area contributed by atoms with Crippen LogP contribution < -0.4 is 10.1 Å². The van der Waals surface area contributed by atoms with E-state index in [-0.39, 0.29) is 0 Å². The van der Waals surface area contributed by atoms with Crippen molar-refractivity contribution in [2.75, 3.05) is 13.7 Å². The van der Waals surface area contributed by atoms with Crippen LogP contribution in [0.1, 0.15) is 44.1 Å². The fourth-order valence-corrected chi connectivity index (χ4v) is 2.83. The average molecular weight is 247 g/mol. The Kier molecular flexibility index (Phi) is 5.53. The highest BCUT2D eigenvalue weighted by Gasteiger charge is 2.11. The first-order valence-electron chi connectivity index (χ1n) is 7.23. The molecule has 0 atom stereocenters. The number of ether oxygens (including phenoxy) is 1. The van der Waals surface area contributed by atoms with E-state index in [1.54, 1.807) is 7.11 Å². The maximum atomic E-state index is 5.37. The molecule has 1 saturated carbocycles. The zero-order chi connectivity index (χ0) is 12.6. The molecule has 0 bridgehead atoms. The normalized spacial score (nSPS) is 17.4. The molecule has 0 heterocycles. The molecule has 0 saturated heterocycles. The van der Waals surface area contributed by atoms with Crippen molar-refractivity contribution < 1.29 is 4.74 Å². The van der Waals surface area contributed by atoms with E-state index < -0.39 is 0 Å². The van der Waals surface area contributed by atoms with E-state index in [0.717, 1.165) is 24.8 Å². The maximum Gasteiger partial charge on any atom is 0.123 e. The smallest absolute Gasteiger partial charge is 0.123 e. The number of methoxy groups -OCH3 is 1. The van der Waals surface area contributed by atoms with Crippen LogP contribution in [0.2, 0.25) is 0 Å². The van der Waals surface area contributed by atoms with Crippen LogP contribution in [0, 0.1) is 5.92 Å². The summed E-state index contributed by atoms with van der Waals surface area (Å²) in [5.74, 6) is 1.87. The predicted molar refractivity (Wildman–Crippen MR) is 75.9 cm³/mol. The molecule has 1 aromatic carbocycles. The molecule has 0 aliphatic heterocycles. The van der Waals surface area contributed by atoms with Crippen molar-refractivity contribution in [2.45, 2.75) is 45.1 Å². The lowest BCUT2D eigenvalue weighted by Crippen LogP contribution is -2.22. The molecular weight excluding hydrogens is 222 g/mol.